The lowest BCUT2D eigenvalue weighted by Crippen LogP contribution is -2.45. The Balaban J connectivity index is 2.25. The molecule has 0 bridgehead atoms. The minimum absolute atomic E-state index is 0.349. The Kier molecular flexibility index (Phi) is 4.26. The number of nitrogens with two attached hydrogens (primary N) is 1. The number of benzene rings is 1. The highest BCUT2D eigenvalue weighted by molar-refractivity contribution is 6.33. The smallest absolute Gasteiger partial charge is 0.0639 e. The number of hydrogen-bond donors (Lipinski definition) is 1. The molecule has 94 valence electrons. The van der Waals surface area contributed by atoms with Crippen molar-refractivity contribution in [2.24, 2.45) is 5.73 Å². The van der Waals surface area contributed by atoms with E-state index in [0.29, 0.717) is 12.6 Å². The van der Waals surface area contributed by atoms with Crippen LogP contribution in [-0.2, 0) is 0 Å². The average Bonchev–Trinajstić information content (AvgIpc) is 2.51. The Morgan fingerprint density at radius 1 is 1.35 bits per heavy atom. The maximum atomic E-state index is 6.27. The van der Waals surface area contributed by atoms with Crippen LogP contribution < -0.4 is 10.6 Å². The van der Waals surface area contributed by atoms with Crippen LogP contribution in [-0.4, -0.2) is 44.2 Å². The summed E-state index contributed by atoms with van der Waals surface area (Å²) in [6.45, 7) is 3.81. The maximum absolute atomic E-state index is 6.27. The van der Waals surface area contributed by atoms with Crippen LogP contribution in [0.4, 0.5) is 5.69 Å². The van der Waals surface area contributed by atoms with Gasteiger partial charge in [0.25, 0.3) is 0 Å². The van der Waals surface area contributed by atoms with Crippen molar-refractivity contribution in [3.05, 3.63) is 29.3 Å². The van der Waals surface area contributed by atoms with Crippen molar-refractivity contribution in [3.63, 3.8) is 0 Å². The van der Waals surface area contributed by atoms with Crippen molar-refractivity contribution >= 4 is 17.3 Å². The summed E-state index contributed by atoms with van der Waals surface area (Å²) in [5.41, 5.74) is 7.01. The fourth-order valence-electron chi connectivity index (χ4n) is 2.45. The van der Waals surface area contributed by atoms with Crippen molar-refractivity contribution in [2.45, 2.75) is 12.5 Å². The lowest BCUT2D eigenvalue weighted by molar-refractivity contribution is 0.332. The van der Waals surface area contributed by atoms with Crippen molar-refractivity contribution in [2.75, 3.05) is 38.1 Å². The third kappa shape index (κ3) is 2.92. The minimum Gasteiger partial charge on any atom is -0.365 e. The first kappa shape index (κ1) is 12.7. The van der Waals surface area contributed by atoms with Crippen LogP contribution in [0.15, 0.2) is 24.3 Å². The molecule has 2 N–H and O–H groups in total. The zero-order chi connectivity index (χ0) is 12.3. The maximum Gasteiger partial charge on any atom is 0.0639 e. The van der Waals surface area contributed by atoms with Gasteiger partial charge < -0.3 is 15.5 Å². The topological polar surface area (TPSA) is 32.5 Å². The molecule has 0 aromatic heterocycles. The van der Waals surface area contributed by atoms with Gasteiger partial charge >= 0.3 is 0 Å². The van der Waals surface area contributed by atoms with Crippen molar-refractivity contribution in [3.8, 4) is 0 Å². The van der Waals surface area contributed by atoms with E-state index in [2.05, 4.69) is 22.9 Å². The monoisotopic (exact) mass is 253 g/mol. The van der Waals surface area contributed by atoms with Gasteiger partial charge in [-0.05, 0) is 32.1 Å². The SMILES string of the molecule is CN1CCCN(c2ccccc2Cl)C(CN)C1. The average molecular weight is 254 g/mol. The van der Waals surface area contributed by atoms with Gasteiger partial charge in [0.2, 0.25) is 0 Å². The van der Waals surface area contributed by atoms with E-state index in [1.807, 2.05) is 18.2 Å². The fraction of sp³-hybridized carbons (Fsp3) is 0.538. The largest absolute Gasteiger partial charge is 0.365 e. The molecule has 1 aliphatic heterocycles. The Bertz CT molecular complexity index is 369. The molecule has 1 saturated heterocycles. The van der Waals surface area contributed by atoms with Crippen LogP contribution >= 0.6 is 11.6 Å². The lowest BCUT2D eigenvalue weighted by atomic mass is 10.2. The minimum atomic E-state index is 0.349. The van der Waals surface area contributed by atoms with Gasteiger partial charge in [0.1, 0.15) is 0 Å². The number of likely N-dealkylation sites (N-methyl/N-ethyl adjacent to an activating group) is 1. The van der Waals surface area contributed by atoms with E-state index in [0.717, 1.165) is 36.8 Å². The Morgan fingerprint density at radius 2 is 2.12 bits per heavy atom. The second kappa shape index (κ2) is 5.71. The van der Waals surface area contributed by atoms with E-state index in [9.17, 15) is 0 Å². The van der Waals surface area contributed by atoms with Gasteiger partial charge in [-0.2, -0.15) is 0 Å². The van der Waals surface area contributed by atoms with Crippen LogP contribution in [0.5, 0.6) is 0 Å². The zero-order valence-corrected chi connectivity index (χ0v) is 11.0. The summed E-state index contributed by atoms with van der Waals surface area (Å²) in [5, 5.41) is 0.815. The predicted molar refractivity (Wildman–Crippen MR) is 73.8 cm³/mol. The molecule has 0 radical (unpaired) electrons. The van der Waals surface area contributed by atoms with Gasteiger partial charge in [-0.15, -0.1) is 0 Å². The van der Waals surface area contributed by atoms with Crippen molar-refractivity contribution in [1.82, 2.24) is 4.90 Å². The molecule has 0 spiro atoms. The summed E-state index contributed by atoms with van der Waals surface area (Å²) in [7, 11) is 2.15. The highest BCUT2D eigenvalue weighted by Crippen LogP contribution is 2.28. The Hall–Kier alpha value is -0.770. The highest BCUT2D eigenvalue weighted by atomic mass is 35.5. The first-order chi connectivity index (χ1) is 8.22. The van der Waals surface area contributed by atoms with Crippen LogP contribution in [0.1, 0.15) is 6.42 Å². The Labute approximate surface area is 108 Å². The summed E-state index contributed by atoms with van der Waals surface area (Å²) >= 11 is 6.27. The molecular weight excluding hydrogens is 234 g/mol. The second-order valence-electron chi connectivity index (χ2n) is 4.65. The standard InChI is InChI=1S/C13H20ClN3/c1-16-7-4-8-17(11(9-15)10-16)13-6-3-2-5-12(13)14/h2-3,5-6,11H,4,7-10,15H2,1H3. The molecule has 1 atom stereocenters. The lowest BCUT2D eigenvalue weighted by Gasteiger charge is -2.32. The van der Waals surface area contributed by atoms with E-state index >= 15 is 0 Å². The molecular formula is C13H20ClN3. The first-order valence-electron chi connectivity index (χ1n) is 6.12. The van der Waals surface area contributed by atoms with Gasteiger partial charge in [0.05, 0.1) is 16.8 Å². The number of halogens is 1. The number of para-hydroxylation sites is 1. The van der Waals surface area contributed by atoms with E-state index in [1.54, 1.807) is 0 Å². The Morgan fingerprint density at radius 3 is 2.82 bits per heavy atom. The summed E-state index contributed by atoms with van der Waals surface area (Å²) in [4.78, 5) is 4.69. The van der Waals surface area contributed by atoms with Gasteiger partial charge in [-0.1, -0.05) is 23.7 Å². The molecule has 4 heteroatoms. The molecule has 1 aliphatic rings. The van der Waals surface area contributed by atoms with E-state index in [1.165, 1.54) is 0 Å². The molecule has 2 rings (SSSR count). The van der Waals surface area contributed by atoms with Crippen LogP contribution in [0.2, 0.25) is 5.02 Å². The summed E-state index contributed by atoms with van der Waals surface area (Å²) in [6.07, 6.45) is 1.15. The third-order valence-corrected chi connectivity index (χ3v) is 3.66. The third-order valence-electron chi connectivity index (χ3n) is 3.34. The van der Waals surface area contributed by atoms with Crippen LogP contribution in [0, 0.1) is 0 Å². The second-order valence-corrected chi connectivity index (χ2v) is 5.06. The molecule has 1 aromatic carbocycles. The molecule has 1 fully saturated rings. The van der Waals surface area contributed by atoms with E-state index in [4.69, 9.17) is 17.3 Å². The summed E-state index contributed by atoms with van der Waals surface area (Å²) < 4.78 is 0. The molecule has 17 heavy (non-hydrogen) atoms. The molecule has 1 heterocycles. The molecule has 1 unspecified atom stereocenters. The number of nitrogens with zero attached hydrogens (tertiary/aromatic N) is 2. The summed E-state index contributed by atoms with van der Waals surface area (Å²) in [5.74, 6) is 0. The van der Waals surface area contributed by atoms with Crippen molar-refractivity contribution < 1.29 is 0 Å². The fourth-order valence-corrected chi connectivity index (χ4v) is 2.69. The molecule has 0 aliphatic carbocycles. The van der Waals surface area contributed by atoms with Gasteiger partial charge in [-0.25, -0.2) is 0 Å². The molecule has 1 aromatic rings. The van der Waals surface area contributed by atoms with Crippen LogP contribution in [0.25, 0.3) is 0 Å². The first-order valence-corrected chi connectivity index (χ1v) is 6.50. The normalized spacial score (nSPS) is 22.5. The van der Waals surface area contributed by atoms with Gasteiger partial charge in [0, 0.05) is 19.6 Å². The summed E-state index contributed by atoms with van der Waals surface area (Å²) in [6, 6.07) is 8.37. The van der Waals surface area contributed by atoms with Gasteiger partial charge in [-0.3, -0.25) is 0 Å². The molecule has 0 amide bonds. The quantitative estimate of drug-likeness (QED) is 0.873. The van der Waals surface area contributed by atoms with Crippen molar-refractivity contribution in [1.29, 1.82) is 0 Å². The van der Waals surface area contributed by atoms with E-state index in [-0.39, 0.29) is 0 Å². The van der Waals surface area contributed by atoms with E-state index < -0.39 is 0 Å². The molecule has 3 nitrogen and oxygen atoms in total. The number of anilines is 1. The zero-order valence-electron chi connectivity index (χ0n) is 10.3. The molecule has 0 saturated carbocycles. The van der Waals surface area contributed by atoms with Crippen LogP contribution in [0.3, 0.4) is 0 Å². The highest BCUT2D eigenvalue weighted by Gasteiger charge is 2.23. The predicted octanol–water partition coefficient (Wildman–Crippen LogP) is 1.81. The van der Waals surface area contributed by atoms with Gasteiger partial charge in [0.15, 0.2) is 0 Å². The number of rotatable bonds is 2. The number of hydrogen-bond acceptors (Lipinski definition) is 3.